The van der Waals surface area contributed by atoms with Gasteiger partial charge in [0.2, 0.25) is 10.0 Å². The zero-order valence-electron chi connectivity index (χ0n) is 11.5. The third kappa shape index (κ3) is 3.37. The predicted octanol–water partition coefficient (Wildman–Crippen LogP) is 2.01. The lowest BCUT2D eigenvalue weighted by Gasteiger charge is -2.21. The number of anilines is 1. The molecule has 0 atom stereocenters. The fourth-order valence-electron chi connectivity index (χ4n) is 1.92. The molecule has 5 nitrogen and oxygen atoms in total. The average molecular weight is 309 g/mol. The Morgan fingerprint density at radius 3 is 2.48 bits per heavy atom. The Morgan fingerprint density at radius 2 is 1.90 bits per heavy atom. The van der Waals surface area contributed by atoms with Crippen molar-refractivity contribution in [1.82, 2.24) is 9.29 Å². The zero-order chi connectivity index (χ0) is 15.5. The van der Waals surface area contributed by atoms with Crippen LogP contribution in [0.1, 0.15) is 12.5 Å². The molecular formula is C14H16FN3O2S. The van der Waals surface area contributed by atoms with Crippen molar-refractivity contribution in [2.75, 3.05) is 12.3 Å². The maximum atomic E-state index is 13.9. The van der Waals surface area contributed by atoms with Crippen LogP contribution >= 0.6 is 0 Å². The molecule has 0 saturated carbocycles. The molecule has 2 rings (SSSR count). The summed E-state index contributed by atoms with van der Waals surface area (Å²) in [7, 11) is -3.91. The molecule has 0 radical (unpaired) electrons. The second-order valence-electron chi connectivity index (χ2n) is 4.48. The van der Waals surface area contributed by atoms with Crippen molar-refractivity contribution in [3.8, 4) is 0 Å². The predicted molar refractivity (Wildman–Crippen MR) is 78.3 cm³/mol. The molecule has 0 spiro atoms. The van der Waals surface area contributed by atoms with E-state index in [1.54, 1.807) is 31.5 Å². The number of nitrogens with zero attached hydrogens (tertiary/aromatic N) is 2. The molecule has 1 aromatic heterocycles. The second-order valence-corrected chi connectivity index (χ2v) is 6.38. The van der Waals surface area contributed by atoms with Gasteiger partial charge >= 0.3 is 0 Å². The van der Waals surface area contributed by atoms with E-state index in [0.717, 1.165) is 11.6 Å². The molecule has 112 valence electrons. The van der Waals surface area contributed by atoms with Crippen LogP contribution in [0.15, 0.2) is 47.6 Å². The lowest BCUT2D eigenvalue weighted by molar-refractivity contribution is 0.419. The molecule has 0 fully saturated rings. The summed E-state index contributed by atoms with van der Waals surface area (Å²) in [5, 5.41) is 0. The van der Waals surface area contributed by atoms with Gasteiger partial charge in [-0.3, -0.25) is 4.98 Å². The van der Waals surface area contributed by atoms with Gasteiger partial charge in [-0.1, -0.05) is 6.92 Å². The normalized spacial score (nSPS) is 11.8. The summed E-state index contributed by atoms with van der Waals surface area (Å²) >= 11 is 0. The zero-order valence-corrected chi connectivity index (χ0v) is 12.3. The Kier molecular flexibility index (Phi) is 4.54. The Labute approximate surface area is 123 Å². The minimum absolute atomic E-state index is 0.158. The van der Waals surface area contributed by atoms with Crippen LogP contribution in [-0.2, 0) is 16.6 Å². The van der Waals surface area contributed by atoms with Gasteiger partial charge < -0.3 is 5.73 Å². The van der Waals surface area contributed by atoms with Gasteiger partial charge in [-0.25, -0.2) is 12.8 Å². The number of benzene rings is 1. The summed E-state index contributed by atoms with van der Waals surface area (Å²) in [6.45, 7) is 2.09. The van der Waals surface area contributed by atoms with Gasteiger partial charge in [0.1, 0.15) is 10.7 Å². The van der Waals surface area contributed by atoms with Crippen molar-refractivity contribution in [1.29, 1.82) is 0 Å². The molecule has 0 aliphatic heterocycles. The Morgan fingerprint density at radius 1 is 1.24 bits per heavy atom. The highest BCUT2D eigenvalue weighted by atomic mass is 32.2. The van der Waals surface area contributed by atoms with Crippen molar-refractivity contribution in [2.24, 2.45) is 0 Å². The summed E-state index contributed by atoms with van der Waals surface area (Å²) in [4.78, 5) is 3.51. The van der Waals surface area contributed by atoms with Crippen LogP contribution in [0.3, 0.4) is 0 Å². The molecule has 0 aliphatic rings. The van der Waals surface area contributed by atoms with Gasteiger partial charge in [0.05, 0.1) is 0 Å². The van der Waals surface area contributed by atoms with Gasteiger partial charge in [0.15, 0.2) is 0 Å². The minimum Gasteiger partial charge on any atom is -0.399 e. The number of nitrogen functional groups attached to an aromatic ring is 1. The number of aromatic nitrogens is 1. The van der Waals surface area contributed by atoms with E-state index in [4.69, 9.17) is 5.73 Å². The molecule has 2 aromatic rings. The molecular weight excluding hydrogens is 293 g/mol. The molecule has 0 unspecified atom stereocenters. The quantitative estimate of drug-likeness (QED) is 0.857. The molecule has 0 saturated heterocycles. The number of pyridine rings is 1. The summed E-state index contributed by atoms with van der Waals surface area (Å²) in [5.41, 5.74) is 6.42. The topological polar surface area (TPSA) is 76.3 Å². The number of rotatable bonds is 5. The van der Waals surface area contributed by atoms with Crippen molar-refractivity contribution in [3.63, 3.8) is 0 Å². The molecule has 2 N–H and O–H groups in total. The number of hydrogen-bond donors (Lipinski definition) is 1. The van der Waals surface area contributed by atoms with Crippen molar-refractivity contribution < 1.29 is 12.8 Å². The van der Waals surface area contributed by atoms with Crippen LogP contribution in [-0.4, -0.2) is 24.3 Å². The number of hydrogen-bond acceptors (Lipinski definition) is 4. The first-order valence-electron chi connectivity index (χ1n) is 6.39. The molecule has 0 bridgehead atoms. The van der Waals surface area contributed by atoms with Gasteiger partial charge in [-0.05, 0) is 35.9 Å². The molecule has 1 heterocycles. The van der Waals surface area contributed by atoms with E-state index >= 15 is 0 Å². The Hall–Kier alpha value is -1.99. The van der Waals surface area contributed by atoms with Crippen LogP contribution in [0.25, 0.3) is 0 Å². The molecule has 0 aliphatic carbocycles. The summed E-state index contributed by atoms with van der Waals surface area (Å²) < 4.78 is 40.1. The molecule has 0 amide bonds. The number of nitrogens with two attached hydrogens (primary N) is 1. The molecule has 1 aromatic carbocycles. The van der Waals surface area contributed by atoms with E-state index in [9.17, 15) is 12.8 Å². The summed E-state index contributed by atoms with van der Waals surface area (Å²) in [6.07, 6.45) is 3.17. The molecule has 21 heavy (non-hydrogen) atoms. The van der Waals surface area contributed by atoms with Gasteiger partial charge in [0, 0.05) is 31.2 Å². The lowest BCUT2D eigenvalue weighted by atomic mass is 10.3. The second kappa shape index (κ2) is 6.19. The Balaban J connectivity index is 2.36. The van der Waals surface area contributed by atoms with Crippen LogP contribution in [0.2, 0.25) is 0 Å². The van der Waals surface area contributed by atoms with E-state index in [2.05, 4.69) is 4.98 Å². The largest absolute Gasteiger partial charge is 0.399 e. The highest BCUT2D eigenvalue weighted by molar-refractivity contribution is 7.89. The van der Waals surface area contributed by atoms with Gasteiger partial charge in [-0.2, -0.15) is 4.31 Å². The molecule has 7 heteroatoms. The SMILES string of the molecule is CCN(Cc1ccncc1)S(=O)(=O)c1ccc(N)cc1F. The third-order valence-electron chi connectivity index (χ3n) is 3.03. The average Bonchev–Trinajstić information content (AvgIpc) is 2.45. The first-order valence-corrected chi connectivity index (χ1v) is 7.83. The van der Waals surface area contributed by atoms with E-state index in [1.165, 1.54) is 16.4 Å². The van der Waals surface area contributed by atoms with Crippen molar-refractivity contribution >= 4 is 15.7 Å². The summed E-state index contributed by atoms with van der Waals surface area (Å²) in [5.74, 6) is -0.844. The highest BCUT2D eigenvalue weighted by Crippen LogP contribution is 2.22. The van der Waals surface area contributed by atoms with Crippen molar-refractivity contribution in [3.05, 3.63) is 54.1 Å². The van der Waals surface area contributed by atoms with Gasteiger partial charge in [-0.15, -0.1) is 0 Å². The van der Waals surface area contributed by atoms with E-state index < -0.39 is 15.8 Å². The number of halogens is 1. The summed E-state index contributed by atoms with van der Waals surface area (Å²) in [6, 6.07) is 7.01. The monoisotopic (exact) mass is 309 g/mol. The maximum Gasteiger partial charge on any atom is 0.246 e. The van der Waals surface area contributed by atoms with Crippen LogP contribution in [0.5, 0.6) is 0 Å². The van der Waals surface area contributed by atoms with Gasteiger partial charge in [0.25, 0.3) is 0 Å². The fraction of sp³-hybridized carbons (Fsp3) is 0.214. The first-order chi connectivity index (χ1) is 9.95. The standard InChI is InChI=1S/C14H16FN3O2S/c1-2-18(10-11-5-7-17-8-6-11)21(19,20)14-4-3-12(16)9-13(14)15/h3-9H,2,10,16H2,1H3. The highest BCUT2D eigenvalue weighted by Gasteiger charge is 2.26. The van der Waals surface area contributed by atoms with Crippen LogP contribution in [0, 0.1) is 5.82 Å². The van der Waals surface area contributed by atoms with Crippen LogP contribution in [0.4, 0.5) is 10.1 Å². The lowest BCUT2D eigenvalue weighted by Crippen LogP contribution is -2.31. The van der Waals surface area contributed by atoms with E-state index in [0.29, 0.717) is 0 Å². The first kappa shape index (κ1) is 15.4. The minimum atomic E-state index is -3.91. The fourth-order valence-corrected chi connectivity index (χ4v) is 3.41. The van der Waals surface area contributed by atoms with E-state index in [-0.39, 0.29) is 23.7 Å². The third-order valence-corrected chi connectivity index (χ3v) is 4.99. The van der Waals surface area contributed by atoms with E-state index in [1.807, 2.05) is 0 Å². The van der Waals surface area contributed by atoms with Crippen LogP contribution < -0.4 is 5.73 Å². The number of sulfonamides is 1. The van der Waals surface area contributed by atoms with Crippen molar-refractivity contribution in [2.45, 2.75) is 18.4 Å². The maximum absolute atomic E-state index is 13.9. The smallest absolute Gasteiger partial charge is 0.246 e. The Bertz CT molecular complexity index is 720.